The van der Waals surface area contributed by atoms with Crippen molar-refractivity contribution in [2.75, 3.05) is 11.5 Å². The first-order valence-corrected chi connectivity index (χ1v) is 11.8. The van der Waals surface area contributed by atoms with E-state index in [2.05, 4.69) is 0 Å². The van der Waals surface area contributed by atoms with E-state index in [0.29, 0.717) is 5.75 Å². The summed E-state index contributed by atoms with van der Waals surface area (Å²) in [4.78, 5) is 14.7. The Hall–Kier alpha value is -2.19. The smallest absolute Gasteiger partial charge is 0.264 e. The van der Waals surface area contributed by atoms with Gasteiger partial charge in [-0.3, -0.25) is 4.79 Å². The monoisotopic (exact) mass is 457 g/mol. The predicted molar refractivity (Wildman–Crippen MR) is 110 cm³/mol. The van der Waals surface area contributed by atoms with Crippen LogP contribution in [0.3, 0.4) is 0 Å². The maximum atomic E-state index is 14.4. The lowest BCUT2D eigenvalue weighted by molar-refractivity contribution is -0.141. The molecule has 1 amide bonds. The molecule has 1 aliphatic rings. The average Bonchev–Trinajstić information content (AvgIpc) is 3.06. The lowest BCUT2D eigenvalue weighted by Gasteiger charge is -2.32. The van der Waals surface area contributed by atoms with E-state index in [1.165, 1.54) is 47.4 Å². The van der Waals surface area contributed by atoms with Crippen molar-refractivity contribution in [3.05, 3.63) is 64.7 Å². The zero-order chi connectivity index (χ0) is 21.9. The third-order valence-corrected chi connectivity index (χ3v) is 7.17. The van der Waals surface area contributed by atoms with Gasteiger partial charge in [0.1, 0.15) is 17.4 Å². The number of carbonyl (C=O) groups excluding carboxylic acids is 1. The molecule has 0 N–H and O–H groups in total. The van der Waals surface area contributed by atoms with Gasteiger partial charge in [0, 0.05) is 16.6 Å². The molecule has 0 radical (unpaired) electrons. The van der Waals surface area contributed by atoms with Crippen LogP contribution < -0.4 is 4.74 Å². The van der Waals surface area contributed by atoms with Crippen LogP contribution in [0.15, 0.2) is 42.5 Å². The summed E-state index contributed by atoms with van der Waals surface area (Å²) in [5, 5.41) is 0.154. The molecule has 162 valence electrons. The van der Waals surface area contributed by atoms with Gasteiger partial charge in [-0.25, -0.2) is 17.2 Å². The van der Waals surface area contributed by atoms with Gasteiger partial charge in [0.2, 0.25) is 0 Å². The van der Waals surface area contributed by atoms with E-state index < -0.39 is 39.5 Å². The highest BCUT2D eigenvalue weighted by molar-refractivity contribution is 7.91. The number of sulfone groups is 1. The van der Waals surface area contributed by atoms with Crippen LogP contribution in [-0.4, -0.2) is 42.9 Å². The van der Waals surface area contributed by atoms with Gasteiger partial charge in [-0.15, -0.1) is 0 Å². The first kappa shape index (κ1) is 22.5. The Kier molecular flexibility index (Phi) is 6.98. The minimum Gasteiger partial charge on any atom is -0.481 e. The molecule has 2 aromatic carbocycles. The van der Waals surface area contributed by atoms with Crippen LogP contribution in [0.2, 0.25) is 5.02 Å². The lowest BCUT2D eigenvalue weighted by atomic mass is 10.1. The van der Waals surface area contributed by atoms with E-state index >= 15 is 0 Å². The molecule has 0 spiro atoms. The van der Waals surface area contributed by atoms with Gasteiger partial charge in [-0.1, -0.05) is 24.6 Å². The fourth-order valence-electron chi connectivity index (χ4n) is 3.43. The summed E-state index contributed by atoms with van der Waals surface area (Å²) in [5.41, 5.74) is 0.119. The molecule has 0 aliphatic carbocycles. The van der Waals surface area contributed by atoms with E-state index in [1.807, 2.05) is 0 Å². The SMILES string of the molecule is CCC(Oc1ccc(F)cc1)C(=O)N(Cc1c(F)cccc1Cl)C1CCS(=O)(=O)C1. The number of rotatable bonds is 7. The zero-order valence-electron chi connectivity index (χ0n) is 16.4. The van der Waals surface area contributed by atoms with Crippen LogP contribution in [0.25, 0.3) is 0 Å². The largest absolute Gasteiger partial charge is 0.481 e. The highest BCUT2D eigenvalue weighted by Gasteiger charge is 2.38. The van der Waals surface area contributed by atoms with Gasteiger partial charge >= 0.3 is 0 Å². The Labute approximate surface area is 179 Å². The van der Waals surface area contributed by atoms with Crippen LogP contribution in [-0.2, 0) is 21.2 Å². The minimum absolute atomic E-state index is 0.0396. The van der Waals surface area contributed by atoms with E-state index in [4.69, 9.17) is 16.3 Å². The van der Waals surface area contributed by atoms with Crippen molar-refractivity contribution in [2.24, 2.45) is 0 Å². The van der Waals surface area contributed by atoms with Gasteiger partial charge in [0.25, 0.3) is 5.91 Å². The summed E-state index contributed by atoms with van der Waals surface area (Å²) in [5.74, 6) is -1.41. The van der Waals surface area contributed by atoms with Crippen LogP contribution >= 0.6 is 11.6 Å². The molecule has 2 atom stereocenters. The second-order valence-corrected chi connectivity index (χ2v) is 9.83. The maximum absolute atomic E-state index is 14.4. The van der Waals surface area contributed by atoms with Gasteiger partial charge in [0.05, 0.1) is 18.1 Å². The standard InChI is InChI=1S/C21H22ClF2NO4S/c1-2-20(29-16-8-6-14(23)7-9-16)21(26)25(15-10-11-30(27,28)13-15)12-17-18(22)4-3-5-19(17)24/h3-9,15,20H,2,10-13H2,1H3. The van der Waals surface area contributed by atoms with E-state index in [1.54, 1.807) is 6.92 Å². The molecule has 1 heterocycles. The summed E-state index contributed by atoms with van der Waals surface area (Å²) in [6.45, 7) is 1.57. The number of hydrogen-bond donors (Lipinski definition) is 0. The predicted octanol–water partition coefficient (Wildman–Crippen LogP) is 3.99. The van der Waals surface area contributed by atoms with Crippen LogP contribution in [0.1, 0.15) is 25.3 Å². The quantitative estimate of drug-likeness (QED) is 0.630. The maximum Gasteiger partial charge on any atom is 0.264 e. The summed E-state index contributed by atoms with van der Waals surface area (Å²) < 4.78 is 57.3. The molecule has 2 unspecified atom stereocenters. The number of nitrogens with zero attached hydrogens (tertiary/aromatic N) is 1. The van der Waals surface area contributed by atoms with E-state index in [0.717, 1.165) is 0 Å². The highest BCUT2D eigenvalue weighted by atomic mass is 35.5. The average molecular weight is 458 g/mol. The number of hydrogen-bond acceptors (Lipinski definition) is 4. The van der Waals surface area contributed by atoms with Crippen molar-refractivity contribution < 1.29 is 26.7 Å². The Morgan fingerprint density at radius 1 is 1.23 bits per heavy atom. The third kappa shape index (κ3) is 5.29. The second kappa shape index (κ2) is 9.31. The molecule has 0 aromatic heterocycles. The van der Waals surface area contributed by atoms with Crippen LogP contribution in [0, 0.1) is 11.6 Å². The fourth-order valence-corrected chi connectivity index (χ4v) is 5.39. The van der Waals surface area contributed by atoms with Crippen molar-refractivity contribution in [2.45, 2.75) is 38.5 Å². The fraction of sp³-hybridized carbons (Fsp3) is 0.381. The summed E-state index contributed by atoms with van der Waals surface area (Å²) in [7, 11) is -3.29. The van der Waals surface area contributed by atoms with Crippen molar-refractivity contribution >= 4 is 27.3 Å². The van der Waals surface area contributed by atoms with E-state index in [9.17, 15) is 22.0 Å². The topological polar surface area (TPSA) is 63.7 Å². The molecule has 5 nitrogen and oxygen atoms in total. The summed E-state index contributed by atoms with van der Waals surface area (Å²) in [6, 6.07) is 8.85. The first-order chi connectivity index (χ1) is 14.2. The number of benzene rings is 2. The zero-order valence-corrected chi connectivity index (χ0v) is 17.9. The number of ether oxygens (including phenoxy) is 1. The molecule has 3 rings (SSSR count). The molecule has 0 saturated carbocycles. The van der Waals surface area contributed by atoms with Crippen LogP contribution in [0.4, 0.5) is 8.78 Å². The Morgan fingerprint density at radius 3 is 2.50 bits per heavy atom. The van der Waals surface area contributed by atoms with Gasteiger partial charge in [-0.2, -0.15) is 0 Å². The first-order valence-electron chi connectivity index (χ1n) is 9.56. The second-order valence-electron chi connectivity index (χ2n) is 7.19. The van der Waals surface area contributed by atoms with Crippen molar-refractivity contribution in [3.8, 4) is 5.75 Å². The Bertz CT molecular complexity index is 994. The molecule has 1 fully saturated rings. The van der Waals surface area contributed by atoms with E-state index in [-0.39, 0.29) is 41.5 Å². The van der Waals surface area contributed by atoms with Gasteiger partial charge in [-0.05, 0) is 49.2 Å². The molecular weight excluding hydrogens is 436 g/mol. The minimum atomic E-state index is -3.29. The van der Waals surface area contributed by atoms with Crippen molar-refractivity contribution in [1.82, 2.24) is 4.90 Å². The molecule has 0 bridgehead atoms. The van der Waals surface area contributed by atoms with Crippen molar-refractivity contribution in [1.29, 1.82) is 0 Å². The molecule has 2 aromatic rings. The Balaban J connectivity index is 1.89. The van der Waals surface area contributed by atoms with Crippen molar-refractivity contribution in [3.63, 3.8) is 0 Å². The molecular formula is C21H22ClF2NO4S. The van der Waals surface area contributed by atoms with Gasteiger partial charge in [0.15, 0.2) is 15.9 Å². The molecule has 1 saturated heterocycles. The molecule has 1 aliphatic heterocycles. The summed E-state index contributed by atoms with van der Waals surface area (Å²) in [6.07, 6.45) is -0.395. The molecule has 30 heavy (non-hydrogen) atoms. The highest BCUT2D eigenvalue weighted by Crippen LogP contribution is 2.27. The van der Waals surface area contributed by atoms with Gasteiger partial charge < -0.3 is 9.64 Å². The third-order valence-electron chi connectivity index (χ3n) is 5.06. The number of halogens is 3. The van der Waals surface area contributed by atoms with Crippen LogP contribution in [0.5, 0.6) is 5.75 Å². The molecule has 9 heteroatoms. The normalized spacial score (nSPS) is 18.7. The number of amides is 1. The Morgan fingerprint density at radius 2 is 1.93 bits per heavy atom. The lowest BCUT2D eigenvalue weighted by Crippen LogP contribution is -2.47. The number of carbonyl (C=O) groups is 1. The summed E-state index contributed by atoms with van der Waals surface area (Å²) >= 11 is 6.14.